The molecule has 21 heavy (non-hydrogen) atoms. The number of benzene rings is 1. The summed E-state index contributed by atoms with van der Waals surface area (Å²) < 4.78 is 13.7. The van der Waals surface area contributed by atoms with Gasteiger partial charge in [-0.25, -0.2) is 4.39 Å². The predicted molar refractivity (Wildman–Crippen MR) is 81.0 cm³/mol. The van der Waals surface area contributed by atoms with Gasteiger partial charge in [0.05, 0.1) is 10.6 Å². The molecule has 1 amide bonds. The molecule has 0 bridgehead atoms. The average Bonchev–Trinajstić information content (AvgIpc) is 3.13. The van der Waals surface area contributed by atoms with Crippen molar-refractivity contribution in [2.75, 3.05) is 26.2 Å². The lowest BCUT2D eigenvalue weighted by Gasteiger charge is -2.16. The molecular weight excluding hydrogens is 291 g/mol. The van der Waals surface area contributed by atoms with Gasteiger partial charge in [0.15, 0.2) is 0 Å². The summed E-state index contributed by atoms with van der Waals surface area (Å²) in [4.78, 5) is 14.5. The molecule has 1 aliphatic carbocycles. The molecule has 0 spiro atoms. The van der Waals surface area contributed by atoms with E-state index in [9.17, 15) is 9.18 Å². The van der Waals surface area contributed by atoms with Crippen molar-refractivity contribution in [3.8, 4) is 0 Å². The number of hydrogen-bond acceptors (Lipinski definition) is 2. The van der Waals surface area contributed by atoms with Gasteiger partial charge < -0.3 is 10.2 Å². The van der Waals surface area contributed by atoms with Crippen LogP contribution >= 0.6 is 11.6 Å². The third kappa shape index (κ3) is 3.74. The van der Waals surface area contributed by atoms with Gasteiger partial charge in [-0.05, 0) is 49.8 Å². The van der Waals surface area contributed by atoms with Crippen molar-refractivity contribution in [2.24, 2.45) is 11.8 Å². The van der Waals surface area contributed by atoms with Gasteiger partial charge in [-0.3, -0.25) is 4.79 Å². The maximum atomic E-state index is 13.7. The third-order valence-electron chi connectivity index (χ3n) is 4.32. The van der Waals surface area contributed by atoms with Crippen molar-refractivity contribution < 1.29 is 9.18 Å². The molecule has 0 aromatic heterocycles. The maximum absolute atomic E-state index is 13.7. The Morgan fingerprint density at radius 2 is 2.14 bits per heavy atom. The number of likely N-dealkylation sites (tertiary alicyclic amines) is 1. The lowest BCUT2D eigenvalue weighted by Crippen LogP contribution is -2.32. The van der Waals surface area contributed by atoms with E-state index in [0.29, 0.717) is 12.5 Å². The lowest BCUT2D eigenvalue weighted by molar-refractivity contribution is 0.0943. The second-order valence-electron chi connectivity index (χ2n) is 6.16. The molecule has 1 unspecified atom stereocenters. The number of nitrogens with one attached hydrogen (secondary N) is 1. The molecule has 1 saturated carbocycles. The zero-order valence-corrected chi connectivity index (χ0v) is 12.7. The summed E-state index contributed by atoms with van der Waals surface area (Å²) in [7, 11) is 0. The highest BCUT2D eigenvalue weighted by Gasteiger charge is 2.29. The fraction of sp³-hybridized carbons (Fsp3) is 0.562. The minimum atomic E-state index is -0.568. The van der Waals surface area contributed by atoms with E-state index in [1.54, 1.807) is 0 Å². The van der Waals surface area contributed by atoms with Gasteiger partial charge in [-0.15, -0.1) is 0 Å². The second-order valence-corrected chi connectivity index (χ2v) is 6.57. The van der Waals surface area contributed by atoms with Crippen LogP contribution in [0.1, 0.15) is 29.6 Å². The SMILES string of the molecule is O=C(NCC1CCN(CC2CC2)C1)c1c(F)cccc1Cl. The molecule has 1 aromatic carbocycles. The van der Waals surface area contributed by atoms with Crippen molar-refractivity contribution in [2.45, 2.75) is 19.3 Å². The van der Waals surface area contributed by atoms with Crippen molar-refractivity contribution in [3.05, 3.63) is 34.6 Å². The van der Waals surface area contributed by atoms with E-state index in [-0.39, 0.29) is 10.6 Å². The molecular formula is C16H20ClFN2O. The quantitative estimate of drug-likeness (QED) is 0.907. The molecule has 1 aromatic rings. The Kier molecular flexibility index (Phi) is 4.45. The zero-order chi connectivity index (χ0) is 14.8. The normalized spacial score (nSPS) is 22.5. The van der Waals surface area contributed by atoms with E-state index >= 15 is 0 Å². The molecule has 1 heterocycles. The van der Waals surface area contributed by atoms with Crippen LogP contribution < -0.4 is 5.32 Å². The average molecular weight is 311 g/mol. The molecule has 3 nitrogen and oxygen atoms in total. The van der Waals surface area contributed by atoms with E-state index in [2.05, 4.69) is 10.2 Å². The largest absolute Gasteiger partial charge is 0.352 e. The highest BCUT2D eigenvalue weighted by atomic mass is 35.5. The van der Waals surface area contributed by atoms with E-state index in [1.807, 2.05) is 0 Å². The number of nitrogens with zero attached hydrogens (tertiary/aromatic N) is 1. The first-order valence-corrected chi connectivity index (χ1v) is 7.96. The van der Waals surface area contributed by atoms with E-state index in [4.69, 9.17) is 11.6 Å². The van der Waals surface area contributed by atoms with Crippen LogP contribution in [-0.2, 0) is 0 Å². The highest BCUT2D eigenvalue weighted by molar-refractivity contribution is 6.33. The van der Waals surface area contributed by atoms with Gasteiger partial charge in [-0.2, -0.15) is 0 Å². The fourth-order valence-electron chi connectivity index (χ4n) is 2.95. The predicted octanol–water partition coefficient (Wildman–Crippen LogP) is 2.94. The summed E-state index contributed by atoms with van der Waals surface area (Å²) in [5, 5.41) is 2.98. The summed E-state index contributed by atoms with van der Waals surface area (Å²) in [6.45, 7) is 3.92. The summed E-state index contributed by atoms with van der Waals surface area (Å²) >= 11 is 5.90. The molecule has 1 atom stereocenters. The second kappa shape index (κ2) is 6.32. The van der Waals surface area contributed by atoms with Gasteiger partial charge in [0, 0.05) is 19.6 Å². The van der Waals surface area contributed by atoms with Crippen LogP contribution in [0.25, 0.3) is 0 Å². The Labute approximate surface area is 129 Å². The highest BCUT2D eigenvalue weighted by Crippen LogP contribution is 2.31. The first-order chi connectivity index (χ1) is 10.1. The van der Waals surface area contributed by atoms with Crippen LogP contribution in [0.4, 0.5) is 4.39 Å². The number of carbonyl (C=O) groups is 1. The van der Waals surface area contributed by atoms with Crippen molar-refractivity contribution >= 4 is 17.5 Å². The minimum Gasteiger partial charge on any atom is -0.352 e. The van der Waals surface area contributed by atoms with Gasteiger partial charge in [0.25, 0.3) is 5.91 Å². The maximum Gasteiger partial charge on any atom is 0.255 e. The molecule has 0 radical (unpaired) electrons. The van der Waals surface area contributed by atoms with E-state index in [1.165, 1.54) is 37.6 Å². The molecule has 114 valence electrons. The van der Waals surface area contributed by atoms with Crippen LogP contribution in [-0.4, -0.2) is 37.0 Å². The topological polar surface area (TPSA) is 32.3 Å². The number of carbonyl (C=O) groups excluding carboxylic acids is 1. The van der Waals surface area contributed by atoms with Crippen LogP contribution in [0.2, 0.25) is 5.02 Å². The first-order valence-electron chi connectivity index (χ1n) is 7.58. The number of amides is 1. The molecule has 1 aliphatic heterocycles. The van der Waals surface area contributed by atoms with Gasteiger partial charge in [-0.1, -0.05) is 17.7 Å². The number of rotatable bonds is 5. The Hall–Kier alpha value is -1.13. The van der Waals surface area contributed by atoms with Gasteiger partial charge in [0.1, 0.15) is 5.82 Å². The fourth-order valence-corrected chi connectivity index (χ4v) is 3.20. The number of hydrogen-bond donors (Lipinski definition) is 1. The van der Waals surface area contributed by atoms with Crippen molar-refractivity contribution in [1.82, 2.24) is 10.2 Å². The zero-order valence-electron chi connectivity index (χ0n) is 11.9. The van der Waals surface area contributed by atoms with Crippen molar-refractivity contribution in [3.63, 3.8) is 0 Å². The summed E-state index contributed by atoms with van der Waals surface area (Å²) in [5.74, 6) is 0.370. The number of halogens is 2. The Balaban J connectivity index is 1.49. The minimum absolute atomic E-state index is 0.0491. The summed E-state index contributed by atoms with van der Waals surface area (Å²) in [6.07, 6.45) is 3.82. The van der Waals surface area contributed by atoms with Crippen LogP contribution in [0.15, 0.2) is 18.2 Å². The van der Waals surface area contributed by atoms with Gasteiger partial charge >= 0.3 is 0 Å². The first kappa shape index (κ1) is 14.8. The smallest absolute Gasteiger partial charge is 0.255 e. The molecule has 1 N–H and O–H groups in total. The molecule has 2 aliphatic rings. The molecule has 2 fully saturated rings. The van der Waals surface area contributed by atoms with Crippen LogP contribution in [0.3, 0.4) is 0 Å². The molecule has 3 rings (SSSR count). The standard InChI is InChI=1S/C16H20ClFN2O/c17-13-2-1-3-14(18)15(13)16(21)19-8-12-6-7-20(10-12)9-11-4-5-11/h1-3,11-12H,4-10H2,(H,19,21). The molecule has 5 heteroatoms. The van der Waals surface area contributed by atoms with Crippen LogP contribution in [0, 0.1) is 17.7 Å². The Morgan fingerprint density at radius 3 is 2.86 bits per heavy atom. The van der Waals surface area contributed by atoms with E-state index in [0.717, 1.165) is 25.4 Å². The van der Waals surface area contributed by atoms with E-state index < -0.39 is 11.7 Å². The van der Waals surface area contributed by atoms with Crippen LogP contribution in [0.5, 0.6) is 0 Å². The Bertz CT molecular complexity index is 513. The Morgan fingerprint density at radius 1 is 1.33 bits per heavy atom. The third-order valence-corrected chi connectivity index (χ3v) is 4.64. The van der Waals surface area contributed by atoms with Gasteiger partial charge in [0.2, 0.25) is 0 Å². The van der Waals surface area contributed by atoms with Crippen molar-refractivity contribution in [1.29, 1.82) is 0 Å². The summed E-state index contributed by atoms with van der Waals surface area (Å²) in [6, 6.07) is 4.29. The monoisotopic (exact) mass is 310 g/mol. The molecule has 1 saturated heterocycles. The summed E-state index contributed by atoms with van der Waals surface area (Å²) in [5.41, 5.74) is -0.0491. The lowest BCUT2D eigenvalue weighted by atomic mass is 10.1.